The van der Waals surface area contributed by atoms with Crippen LogP contribution < -0.4 is 0 Å². The molecule has 0 N–H and O–H groups in total. The molecule has 0 aromatic rings. The Balaban J connectivity index is 1.66. The first-order valence-corrected chi connectivity index (χ1v) is 7.65. The topological polar surface area (TPSA) is 9.23 Å². The van der Waals surface area contributed by atoms with Gasteiger partial charge >= 0.3 is 0 Å². The standard InChI is InChI=1S/C16H24O/c1-3-11-12-8-13(16(11)17-4-2)15-10-6-5-9(7-10)14(12)15/h5-6,9-16H,3-4,7-8H2,1-2H3. The van der Waals surface area contributed by atoms with E-state index in [0.29, 0.717) is 6.10 Å². The zero-order valence-electron chi connectivity index (χ0n) is 11.0. The van der Waals surface area contributed by atoms with Crippen molar-refractivity contribution in [1.82, 2.24) is 0 Å². The van der Waals surface area contributed by atoms with Crippen LogP contribution in [0.1, 0.15) is 33.1 Å². The molecule has 0 amide bonds. The minimum atomic E-state index is 0.601. The van der Waals surface area contributed by atoms with Crippen molar-refractivity contribution in [3.05, 3.63) is 12.2 Å². The largest absolute Gasteiger partial charge is 0.378 e. The van der Waals surface area contributed by atoms with Crippen molar-refractivity contribution in [3.63, 3.8) is 0 Å². The lowest BCUT2D eigenvalue weighted by Gasteiger charge is -2.41. The van der Waals surface area contributed by atoms with Gasteiger partial charge in [0.05, 0.1) is 6.10 Å². The first-order chi connectivity index (χ1) is 8.35. The molecule has 1 heteroatoms. The Hall–Kier alpha value is -0.300. The smallest absolute Gasteiger partial charge is 0.0636 e. The lowest BCUT2D eigenvalue weighted by molar-refractivity contribution is -0.0520. The van der Waals surface area contributed by atoms with Crippen LogP contribution in [0.2, 0.25) is 0 Å². The molecule has 0 spiro atoms. The first-order valence-electron chi connectivity index (χ1n) is 7.65. The summed E-state index contributed by atoms with van der Waals surface area (Å²) in [7, 11) is 0. The molecule has 8 atom stereocenters. The molecule has 8 unspecified atom stereocenters. The molecule has 1 nitrogen and oxygen atoms in total. The van der Waals surface area contributed by atoms with Crippen molar-refractivity contribution < 1.29 is 4.74 Å². The quantitative estimate of drug-likeness (QED) is 0.534. The fourth-order valence-electron chi connectivity index (χ4n) is 6.08. The molecule has 3 saturated carbocycles. The van der Waals surface area contributed by atoms with Crippen LogP contribution in [0, 0.1) is 41.4 Å². The Kier molecular flexibility index (Phi) is 2.25. The summed E-state index contributed by atoms with van der Waals surface area (Å²) in [4.78, 5) is 0. The van der Waals surface area contributed by atoms with Crippen molar-refractivity contribution in [2.75, 3.05) is 6.61 Å². The van der Waals surface area contributed by atoms with Gasteiger partial charge in [-0.25, -0.2) is 0 Å². The first kappa shape index (κ1) is 10.6. The Morgan fingerprint density at radius 2 is 1.71 bits per heavy atom. The lowest BCUT2D eigenvalue weighted by Crippen LogP contribution is -2.41. The minimum absolute atomic E-state index is 0.601. The highest BCUT2D eigenvalue weighted by molar-refractivity contribution is 5.22. The highest BCUT2D eigenvalue weighted by Crippen LogP contribution is 2.67. The van der Waals surface area contributed by atoms with E-state index in [2.05, 4.69) is 26.0 Å². The van der Waals surface area contributed by atoms with Crippen LogP contribution in [-0.2, 0) is 4.74 Å². The second-order valence-corrected chi connectivity index (χ2v) is 6.66. The van der Waals surface area contributed by atoms with Crippen LogP contribution in [-0.4, -0.2) is 12.7 Å². The highest BCUT2D eigenvalue weighted by Gasteiger charge is 2.64. The SMILES string of the molecule is CCOC1C(CC)C2CC1C1C3C=CC(C3)C21. The fraction of sp³-hybridized carbons (Fsp3) is 0.875. The molecule has 4 aliphatic rings. The summed E-state index contributed by atoms with van der Waals surface area (Å²) in [5, 5.41) is 0. The summed E-state index contributed by atoms with van der Waals surface area (Å²) in [6.07, 6.45) is 9.94. The van der Waals surface area contributed by atoms with Crippen molar-refractivity contribution in [2.45, 2.75) is 39.2 Å². The number of hydrogen-bond acceptors (Lipinski definition) is 1. The number of hydrogen-bond donors (Lipinski definition) is 0. The summed E-state index contributed by atoms with van der Waals surface area (Å²) >= 11 is 0. The number of allylic oxidation sites excluding steroid dienone is 2. The second-order valence-electron chi connectivity index (χ2n) is 6.66. The van der Waals surface area contributed by atoms with E-state index in [0.717, 1.165) is 48.0 Å². The van der Waals surface area contributed by atoms with E-state index < -0.39 is 0 Å². The Morgan fingerprint density at radius 1 is 1.00 bits per heavy atom. The summed E-state index contributed by atoms with van der Waals surface area (Å²) < 4.78 is 6.13. The maximum absolute atomic E-state index is 6.13. The monoisotopic (exact) mass is 232 g/mol. The van der Waals surface area contributed by atoms with Crippen molar-refractivity contribution in [1.29, 1.82) is 0 Å². The van der Waals surface area contributed by atoms with Gasteiger partial charge in [-0.3, -0.25) is 0 Å². The molecule has 4 rings (SSSR count). The number of ether oxygens (including phenoxy) is 1. The van der Waals surface area contributed by atoms with Gasteiger partial charge in [0.15, 0.2) is 0 Å². The lowest BCUT2D eigenvalue weighted by atomic mass is 9.67. The summed E-state index contributed by atoms with van der Waals surface area (Å²) in [5.41, 5.74) is 0. The zero-order chi connectivity index (χ0) is 11.6. The summed E-state index contributed by atoms with van der Waals surface area (Å²) in [5.74, 6) is 6.65. The number of fused-ring (bicyclic) bond motifs is 9. The van der Waals surface area contributed by atoms with Crippen LogP contribution in [0.25, 0.3) is 0 Å². The maximum Gasteiger partial charge on any atom is 0.0636 e. The van der Waals surface area contributed by atoms with Gasteiger partial charge in [-0.1, -0.05) is 25.5 Å². The van der Waals surface area contributed by atoms with E-state index in [9.17, 15) is 0 Å². The molecule has 3 fully saturated rings. The van der Waals surface area contributed by atoms with E-state index in [1.165, 1.54) is 19.3 Å². The predicted molar refractivity (Wildman–Crippen MR) is 68.5 cm³/mol. The Bertz CT molecular complexity index is 347. The van der Waals surface area contributed by atoms with E-state index in [1.54, 1.807) is 0 Å². The van der Waals surface area contributed by atoms with E-state index in [4.69, 9.17) is 4.74 Å². The molecule has 0 aromatic heterocycles. The molecule has 0 aliphatic heterocycles. The summed E-state index contributed by atoms with van der Waals surface area (Å²) in [6, 6.07) is 0. The van der Waals surface area contributed by atoms with E-state index in [1.807, 2.05) is 0 Å². The van der Waals surface area contributed by atoms with Crippen molar-refractivity contribution >= 4 is 0 Å². The molecule has 17 heavy (non-hydrogen) atoms. The van der Waals surface area contributed by atoms with E-state index in [-0.39, 0.29) is 0 Å². The Labute approximate surface area is 105 Å². The van der Waals surface area contributed by atoms with Gasteiger partial charge in [-0.05, 0) is 61.2 Å². The van der Waals surface area contributed by atoms with Crippen LogP contribution in [0.5, 0.6) is 0 Å². The van der Waals surface area contributed by atoms with Crippen LogP contribution in [0.3, 0.4) is 0 Å². The third-order valence-corrected chi connectivity index (χ3v) is 6.34. The molecule has 0 heterocycles. The van der Waals surface area contributed by atoms with Gasteiger partial charge < -0.3 is 4.74 Å². The van der Waals surface area contributed by atoms with Gasteiger partial charge in [-0.2, -0.15) is 0 Å². The van der Waals surface area contributed by atoms with Crippen molar-refractivity contribution in [2.24, 2.45) is 41.4 Å². The maximum atomic E-state index is 6.13. The predicted octanol–water partition coefficient (Wildman–Crippen LogP) is 3.51. The molecule has 0 aromatic carbocycles. The molecule has 0 radical (unpaired) electrons. The molecular weight excluding hydrogens is 208 g/mol. The molecule has 4 aliphatic carbocycles. The van der Waals surface area contributed by atoms with Gasteiger partial charge in [0, 0.05) is 6.61 Å². The number of rotatable bonds is 3. The normalized spacial score (nSPS) is 58.0. The van der Waals surface area contributed by atoms with Gasteiger partial charge in [0.2, 0.25) is 0 Å². The molecule has 0 saturated heterocycles. The van der Waals surface area contributed by atoms with E-state index >= 15 is 0 Å². The minimum Gasteiger partial charge on any atom is -0.378 e. The van der Waals surface area contributed by atoms with Crippen molar-refractivity contribution in [3.8, 4) is 0 Å². The summed E-state index contributed by atoms with van der Waals surface area (Å²) in [6.45, 7) is 5.44. The van der Waals surface area contributed by atoms with Gasteiger partial charge in [0.25, 0.3) is 0 Å². The highest BCUT2D eigenvalue weighted by atomic mass is 16.5. The molecule has 4 bridgehead atoms. The van der Waals surface area contributed by atoms with Crippen LogP contribution in [0.15, 0.2) is 12.2 Å². The van der Waals surface area contributed by atoms with Crippen LogP contribution >= 0.6 is 0 Å². The zero-order valence-corrected chi connectivity index (χ0v) is 11.0. The third kappa shape index (κ3) is 1.19. The average molecular weight is 232 g/mol. The van der Waals surface area contributed by atoms with Gasteiger partial charge in [0.1, 0.15) is 0 Å². The Morgan fingerprint density at radius 3 is 2.35 bits per heavy atom. The van der Waals surface area contributed by atoms with Crippen LogP contribution in [0.4, 0.5) is 0 Å². The second kappa shape index (κ2) is 3.60. The molecular formula is C16H24O. The molecule has 94 valence electrons. The van der Waals surface area contributed by atoms with Gasteiger partial charge in [-0.15, -0.1) is 0 Å². The fourth-order valence-corrected chi connectivity index (χ4v) is 6.08. The third-order valence-electron chi connectivity index (χ3n) is 6.34. The average Bonchev–Trinajstić information content (AvgIpc) is 3.06.